The molecule has 5 nitrogen and oxygen atoms in total. The quantitative estimate of drug-likeness (QED) is 0.444. The molecule has 0 aliphatic heterocycles. The highest BCUT2D eigenvalue weighted by Crippen LogP contribution is 2.27. The van der Waals surface area contributed by atoms with Gasteiger partial charge < -0.3 is 0 Å². The number of aryl methyl sites for hydroxylation is 1. The molecule has 82 valence electrons. The van der Waals surface area contributed by atoms with Crippen molar-refractivity contribution in [3.8, 4) is 0 Å². The normalized spacial score (nSPS) is 11.4. The van der Waals surface area contributed by atoms with Crippen molar-refractivity contribution in [2.24, 2.45) is 0 Å². The molecule has 7 heteroatoms. The molecule has 1 aromatic rings. The van der Waals surface area contributed by atoms with E-state index < -0.39 is 25.7 Å². The van der Waals surface area contributed by atoms with Gasteiger partial charge in [0.1, 0.15) is 4.90 Å². The summed E-state index contributed by atoms with van der Waals surface area (Å²) in [4.78, 5) is 9.16. The van der Waals surface area contributed by atoms with Crippen LogP contribution >= 0.6 is 0 Å². The monoisotopic (exact) mass is 233 g/mol. The van der Waals surface area contributed by atoms with E-state index in [0.29, 0.717) is 5.56 Å². The maximum Gasteiger partial charge on any atom is 0.332 e. The summed E-state index contributed by atoms with van der Waals surface area (Å²) >= 11 is 0. The standard InChI is InChI=1S/C8H8FNO4S/c1-5-3-7(10(11)12)6(2)8(4-5)15(9,13)14/h3-4H,1-2H3. The van der Waals surface area contributed by atoms with Gasteiger partial charge in [-0.2, -0.15) is 8.42 Å². The molecule has 0 amide bonds. The highest BCUT2D eigenvalue weighted by Gasteiger charge is 2.23. The van der Waals surface area contributed by atoms with Gasteiger partial charge in [0.25, 0.3) is 5.69 Å². The molecule has 1 aromatic carbocycles. The fourth-order valence-corrected chi connectivity index (χ4v) is 2.05. The second kappa shape index (κ2) is 3.58. The van der Waals surface area contributed by atoms with Gasteiger partial charge in [0.15, 0.2) is 0 Å². The lowest BCUT2D eigenvalue weighted by molar-refractivity contribution is -0.385. The first-order chi connectivity index (χ1) is 6.73. The molecule has 0 aliphatic carbocycles. The predicted octanol–water partition coefficient (Wildman–Crippen LogP) is 1.87. The SMILES string of the molecule is Cc1cc([N+](=O)[O-])c(C)c(S(=O)(=O)F)c1. The van der Waals surface area contributed by atoms with Gasteiger partial charge in [-0.3, -0.25) is 10.1 Å². The summed E-state index contributed by atoms with van der Waals surface area (Å²) in [5, 5.41) is 10.5. The molecule has 0 aliphatic rings. The van der Waals surface area contributed by atoms with Crippen LogP contribution in [-0.4, -0.2) is 13.3 Å². The minimum atomic E-state index is -4.92. The Hall–Kier alpha value is -1.50. The van der Waals surface area contributed by atoms with Crippen LogP contribution in [-0.2, 0) is 10.2 Å². The first-order valence-corrected chi connectivity index (χ1v) is 5.32. The van der Waals surface area contributed by atoms with Crippen LogP contribution in [0.4, 0.5) is 9.57 Å². The molecule has 0 radical (unpaired) electrons. The maximum atomic E-state index is 12.8. The van der Waals surface area contributed by atoms with Crippen LogP contribution in [0.25, 0.3) is 0 Å². The zero-order valence-corrected chi connectivity index (χ0v) is 8.84. The van der Waals surface area contributed by atoms with Crippen LogP contribution in [0.5, 0.6) is 0 Å². The molecule has 15 heavy (non-hydrogen) atoms. The zero-order chi connectivity index (χ0) is 11.8. The van der Waals surface area contributed by atoms with Crippen LogP contribution in [0, 0.1) is 24.0 Å². The van der Waals surface area contributed by atoms with E-state index in [2.05, 4.69) is 0 Å². The van der Waals surface area contributed by atoms with E-state index in [-0.39, 0.29) is 5.56 Å². The number of hydrogen-bond donors (Lipinski definition) is 0. The van der Waals surface area contributed by atoms with Gasteiger partial charge >= 0.3 is 10.2 Å². The summed E-state index contributed by atoms with van der Waals surface area (Å²) in [7, 11) is -4.92. The highest BCUT2D eigenvalue weighted by molar-refractivity contribution is 7.86. The van der Waals surface area contributed by atoms with Gasteiger partial charge in [0.2, 0.25) is 0 Å². The van der Waals surface area contributed by atoms with E-state index in [0.717, 1.165) is 6.07 Å². The molecule has 0 bridgehead atoms. The van der Waals surface area contributed by atoms with Crippen LogP contribution in [0.3, 0.4) is 0 Å². The van der Waals surface area contributed by atoms with Crippen LogP contribution in [0.15, 0.2) is 17.0 Å². The number of nitrogens with zero attached hydrogens (tertiary/aromatic N) is 1. The fraction of sp³-hybridized carbons (Fsp3) is 0.250. The van der Waals surface area contributed by atoms with Crippen molar-refractivity contribution in [2.45, 2.75) is 18.7 Å². The summed E-state index contributed by atoms with van der Waals surface area (Å²) in [6, 6.07) is 2.27. The Morgan fingerprint density at radius 2 is 1.87 bits per heavy atom. The Labute approximate surface area is 85.9 Å². The molecule has 0 heterocycles. The molecule has 0 fully saturated rings. The zero-order valence-electron chi connectivity index (χ0n) is 8.02. The lowest BCUT2D eigenvalue weighted by atomic mass is 10.1. The number of nitro groups is 1. The highest BCUT2D eigenvalue weighted by atomic mass is 32.3. The van der Waals surface area contributed by atoms with Gasteiger partial charge in [0, 0.05) is 11.6 Å². The lowest BCUT2D eigenvalue weighted by Crippen LogP contribution is -2.01. The summed E-state index contributed by atoms with van der Waals surface area (Å²) in [6.07, 6.45) is 0. The third-order valence-electron chi connectivity index (χ3n) is 1.94. The van der Waals surface area contributed by atoms with E-state index in [1.807, 2.05) is 0 Å². The van der Waals surface area contributed by atoms with Crippen molar-refractivity contribution in [3.05, 3.63) is 33.4 Å². The van der Waals surface area contributed by atoms with E-state index in [1.54, 1.807) is 0 Å². The van der Waals surface area contributed by atoms with Gasteiger partial charge in [-0.15, -0.1) is 3.89 Å². The van der Waals surface area contributed by atoms with Crippen molar-refractivity contribution < 1.29 is 17.2 Å². The molecule has 0 saturated heterocycles. The van der Waals surface area contributed by atoms with Crippen LogP contribution < -0.4 is 0 Å². The molecular weight excluding hydrogens is 225 g/mol. The number of nitro benzene ring substituents is 1. The van der Waals surface area contributed by atoms with Crippen molar-refractivity contribution in [2.75, 3.05) is 0 Å². The maximum absolute atomic E-state index is 12.8. The van der Waals surface area contributed by atoms with Crippen molar-refractivity contribution >= 4 is 15.9 Å². The molecule has 0 aromatic heterocycles. The number of halogens is 1. The Morgan fingerprint density at radius 1 is 1.33 bits per heavy atom. The van der Waals surface area contributed by atoms with Crippen LogP contribution in [0.2, 0.25) is 0 Å². The van der Waals surface area contributed by atoms with E-state index in [9.17, 15) is 22.4 Å². The van der Waals surface area contributed by atoms with E-state index >= 15 is 0 Å². The first kappa shape index (κ1) is 11.6. The van der Waals surface area contributed by atoms with E-state index in [4.69, 9.17) is 0 Å². The van der Waals surface area contributed by atoms with Gasteiger partial charge in [-0.25, -0.2) is 0 Å². The largest absolute Gasteiger partial charge is 0.332 e. The Balaban J connectivity index is 3.63. The third-order valence-corrected chi connectivity index (χ3v) is 2.89. The van der Waals surface area contributed by atoms with Gasteiger partial charge in [0.05, 0.1) is 4.92 Å². The molecule has 0 N–H and O–H groups in total. The second-order valence-corrected chi connectivity index (χ2v) is 4.42. The smallest absolute Gasteiger partial charge is 0.258 e. The Kier molecular flexibility index (Phi) is 2.76. The third kappa shape index (κ3) is 2.30. The molecule has 0 spiro atoms. The Morgan fingerprint density at radius 3 is 2.27 bits per heavy atom. The minimum Gasteiger partial charge on any atom is -0.258 e. The fourth-order valence-electron chi connectivity index (χ4n) is 1.25. The summed E-state index contributed by atoms with van der Waals surface area (Å²) in [5.41, 5.74) is -0.261. The average molecular weight is 233 g/mol. The molecule has 0 atom stereocenters. The number of rotatable bonds is 2. The number of hydrogen-bond acceptors (Lipinski definition) is 4. The van der Waals surface area contributed by atoms with E-state index in [1.165, 1.54) is 19.9 Å². The van der Waals surface area contributed by atoms with Crippen molar-refractivity contribution in [3.63, 3.8) is 0 Å². The van der Waals surface area contributed by atoms with Gasteiger partial charge in [-0.1, -0.05) is 0 Å². The summed E-state index contributed by atoms with van der Waals surface area (Å²) in [5.74, 6) is 0. The van der Waals surface area contributed by atoms with Crippen LogP contribution in [0.1, 0.15) is 11.1 Å². The Bertz CT molecular complexity index is 524. The van der Waals surface area contributed by atoms with Crippen molar-refractivity contribution in [1.82, 2.24) is 0 Å². The molecule has 0 unspecified atom stereocenters. The predicted molar refractivity (Wildman–Crippen MR) is 50.9 cm³/mol. The molecule has 0 saturated carbocycles. The van der Waals surface area contributed by atoms with Gasteiger partial charge in [-0.05, 0) is 25.5 Å². The molecule has 1 rings (SSSR count). The molecular formula is C8H8FNO4S. The topological polar surface area (TPSA) is 77.3 Å². The average Bonchev–Trinajstić information content (AvgIpc) is 2.06. The first-order valence-electron chi connectivity index (χ1n) is 3.94. The minimum absolute atomic E-state index is 0.187. The summed E-state index contributed by atoms with van der Waals surface area (Å²) in [6.45, 7) is 2.66. The van der Waals surface area contributed by atoms with Crippen molar-refractivity contribution in [1.29, 1.82) is 0 Å². The lowest BCUT2D eigenvalue weighted by Gasteiger charge is -2.03. The second-order valence-electron chi connectivity index (χ2n) is 3.10. The summed E-state index contributed by atoms with van der Waals surface area (Å²) < 4.78 is 34.1. The number of benzene rings is 1.